The quantitative estimate of drug-likeness (QED) is 0.239. The Morgan fingerprint density at radius 3 is 2.70 bits per heavy atom. The third kappa shape index (κ3) is 8.61. The van der Waals surface area contributed by atoms with Gasteiger partial charge in [-0.25, -0.2) is 9.38 Å². The Kier molecular flexibility index (Phi) is 12.4. The standard InChI is InChI=1S/C19H31FN4O2.HI/c1-3-21-19(22-8-5-11-25-4-2)23-15-16-6-7-18(17(20)14-16)24-9-12-26-13-10-24;/h6-7,14H,3-5,8-13,15H2,1-2H3,(H2,21,22,23);1H. The number of halogens is 2. The van der Waals surface area contributed by atoms with Crippen LogP contribution >= 0.6 is 24.0 Å². The highest BCUT2D eigenvalue weighted by Crippen LogP contribution is 2.21. The Hall–Kier alpha value is -1.13. The van der Waals surface area contributed by atoms with Gasteiger partial charge in [0.05, 0.1) is 25.4 Å². The molecule has 1 aliphatic rings. The van der Waals surface area contributed by atoms with E-state index in [0.717, 1.165) is 57.3 Å². The van der Waals surface area contributed by atoms with Crippen LogP contribution in [0.3, 0.4) is 0 Å². The molecule has 0 amide bonds. The van der Waals surface area contributed by atoms with Crippen LogP contribution in [0.4, 0.5) is 10.1 Å². The molecule has 1 saturated heterocycles. The van der Waals surface area contributed by atoms with E-state index in [4.69, 9.17) is 9.47 Å². The fourth-order valence-electron chi connectivity index (χ4n) is 2.75. The molecule has 1 fully saturated rings. The summed E-state index contributed by atoms with van der Waals surface area (Å²) in [7, 11) is 0. The molecule has 1 aliphatic heterocycles. The zero-order chi connectivity index (χ0) is 18.6. The van der Waals surface area contributed by atoms with Crippen molar-refractivity contribution in [2.75, 3.05) is 57.5 Å². The van der Waals surface area contributed by atoms with Crippen molar-refractivity contribution < 1.29 is 13.9 Å². The number of hydrogen-bond donors (Lipinski definition) is 2. The number of nitrogens with one attached hydrogen (secondary N) is 2. The van der Waals surface area contributed by atoms with Gasteiger partial charge in [-0.1, -0.05) is 6.07 Å². The SMILES string of the molecule is CCNC(=NCc1ccc(N2CCOCC2)c(F)c1)NCCCOCC.I. The first-order valence-electron chi connectivity index (χ1n) is 9.45. The first kappa shape index (κ1) is 23.9. The minimum absolute atomic E-state index is 0. The molecule has 0 aromatic heterocycles. The number of hydrogen-bond acceptors (Lipinski definition) is 4. The lowest BCUT2D eigenvalue weighted by molar-refractivity contribution is 0.122. The Morgan fingerprint density at radius 1 is 1.26 bits per heavy atom. The molecule has 154 valence electrons. The first-order chi connectivity index (χ1) is 12.7. The molecule has 1 aromatic carbocycles. The summed E-state index contributed by atoms with van der Waals surface area (Å²) in [6.45, 7) is 10.2. The van der Waals surface area contributed by atoms with Crippen molar-refractivity contribution in [3.8, 4) is 0 Å². The largest absolute Gasteiger partial charge is 0.382 e. The van der Waals surface area contributed by atoms with Crippen LogP contribution in [-0.4, -0.2) is 58.6 Å². The number of anilines is 1. The lowest BCUT2D eigenvalue weighted by Crippen LogP contribution is -2.38. The van der Waals surface area contributed by atoms with Gasteiger partial charge < -0.3 is 25.0 Å². The van der Waals surface area contributed by atoms with Crippen LogP contribution in [0, 0.1) is 5.82 Å². The molecule has 0 bridgehead atoms. The molecular weight excluding hydrogens is 462 g/mol. The van der Waals surface area contributed by atoms with Gasteiger partial charge in [0.2, 0.25) is 0 Å². The molecule has 0 unspecified atom stereocenters. The van der Waals surface area contributed by atoms with Crippen LogP contribution < -0.4 is 15.5 Å². The Balaban J connectivity index is 0.00000364. The Morgan fingerprint density at radius 2 is 2.04 bits per heavy atom. The van der Waals surface area contributed by atoms with Crippen molar-refractivity contribution in [3.05, 3.63) is 29.6 Å². The molecule has 0 saturated carbocycles. The van der Waals surface area contributed by atoms with Crippen molar-refractivity contribution in [1.29, 1.82) is 0 Å². The van der Waals surface area contributed by atoms with E-state index in [2.05, 4.69) is 15.6 Å². The van der Waals surface area contributed by atoms with Gasteiger partial charge in [-0.05, 0) is 38.0 Å². The minimum atomic E-state index is -0.200. The third-order valence-corrected chi connectivity index (χ3v) is 4.09. The second kappa shape index (κ2) is 14.0. The van der Waals surface area contributed by atoms with Gasteiger partial charge >= 0.3 is 0 Å². The van der Waals surface area contributed by atoms with Crippen molar-refractivity contribution in [1.82, 2.24) is 10.6 Å². The number of ether oxygens (including phenoxy) is 2. The van der Waals surface area contributed by atoms with Gasteiger partial charge in [-0.15, -0.1) is 24.0 Å². The third-order valence-electron chi connectivity index (χ3n) is 4.09. The number of morpholine rings is 1. The Bertz CT molecular complexity index is 569. The van der Waals surface area contributed by atoms with Gasteiger partial charge in [0.15, 0.2) is 5.96 Å². The molecule has 2 N–H and O–H groups in total. The predicted molar refractivity (Wildman–Crippen MR) is 119 cm³/mol. The summed E-state index contributed by atoms with van der Waals surface area (Å²) in [6, 6.07) is 5.36. The van der Waals surface area contributed by atoms with E-state index >= 15 is 0 Å². The fourth-order valence-corrected chi connectivity index (χ4v) is 2.75. The maximum absolute atomic E-state index is 14.5. The number of nitrogens with zero attached hydrogens (tertiary/aromatic N) is 2. The molecule has 1 aromatic rings. The maximum Gasteiger partial charge on any atom is 0.191 e. The van der Waals surface area contributed by atoms with Gasteiger partial charge in [0, 0.05) is 39.4 Å². The molecule has 6 nitrogen and oxygen atoms in total. The number of guanidine groups is 1. The molecule has 0 radical (unpaired) electrons. The molecular formula is C19H32FIN4O2. The summed E-state index contributed by atoms with van der Waals surface area (Å²) >= 11 is 0. The molecule has 8 heteroatoms. The van der Waals surface area contributed by atoms with Crippen molar-refractivity contribution >= 4 is 35.6 Å². The van der Waals surface area contributed by atoms with Gasteiger partial charge in [-0.2, -0.15) is 0 Å². The van der Waals surface area contributed by atoms with Crippen LogP contribution in [0.5, 0.6) is 0 Å². The maximum atomic E-state index is 14.5. The zero-order valence-corrected chi connectivity index (χ0v) is 18.6. The van der Waals surface area contributed by atoms with E-state index in [1.54, 1.807) is 6.07 Å². The minimum Gasteiger partial charge on any atom is -0.382 e. The number of rotatable bonds is 9. The van der Waals surface area contributed by atoms with Crippen LogP contribution in [0.1, 0.15) is 25.8 Å². The number of benzene rings is 1. The molecule has 0 spiro atoms. The zero-order valence-electron chi connectivity index (χ0n) is 16.3. The lowest BCUT2D eigenvalue weighted by Gasteiger charge is -2.29. The number of aliphatic imine (C=N–C) groups is 1. The van der Waals surface area contributed by atoms with Crippen molar-refractivity contribution in [2.24, 2.45) is 4.99 Å². The molecule has 0 atom stereocenters. The second-order valence-corrected chi connectivity index (χ2v) is 6.06. The van der Waals surface area contributed by atoms with Crippen molar-refractivity contribution in [3.63, 3.8) is 0 Å². The summed E-state index contributed by atoms with van der Waals surface area (Å²) < 4.78 is 25.1. The van der Waals surface area contributed by atoms with Crippen LogP contribution in [0.25, 0.3) is 0 Å². The van der Waals surface area contributed by atoms with Gasteiger partial charge in [0.25, 0.3) is 0 Å². The first-order valence-corrected chi connectivity index (χ1v) is 9.45. The van der Waals surface area contributed by atoms with Crippen LogP contribution in [0.15, 0.2) is 23.2 Å². The highest BCUT2D eigenvalue weighted by Gasteiger charge is 2.15. The van der Waals surface area contributed by atoms with E-state index in [0.29, 0.717) is 25.4 Å². The molecule has 0 aliphatic carbocycles. The summed E-state index contributed by atoms with van der Waals surface area (Å²) in [6.07, 6.45) is 0.918. The molecule has 2 rings (SSSR count). The van der Waals surface area contributed by atoms with E-state index in [-0.39, 0.29) is 29.8 Å². The predicted octanol–water partition coefficient (Wildman–Crippen LogP) is 2.76. The summed E-state index contributed by atoms with van der Waals surface area (Å²) in [5.74, 6) is 0.538. The average Bonchev–Trinajstić information content (AvgIpc) is 2.66. The second-order valence-electron chi connectivity index (χ2n) is 6.06. The normalized spacial score (nSPS) is 14.6. The highest BCUT2D eigenvalue weighted by atomic mass is 127. The topological polar surface area (TPSA) is 58.1 Å². The highest BCUT2D eigenvalue weighted by molar-refractivity contribution is 14.0. The molecule has 1 heterocycles. The smallest absolute Gasteiger partial charge is 0.191 e. The average molecular weight is 494 g/mol. The fraction of sp³-hybridized carbons (Fsp3) is 0.632. The Labute approximate surface area is 178 Å². The van der Waals surface area contributed by atoms with E-state index < -0.39 is 0 Å². The van der Waals surface area contributed by atoms with Gasteiger partial charge in [-0.3, -0.25) is 0 Å². The lowest BCUT2D eigenvalue weighted by atomic mass is 10.1. The summed E-state index contributed by atoms with van der Waals surface area (Å²) in [5.41, 5.74) is 1.49. The monoisotopic (exact) mass is 494 g/mol. The van der Waals surface area contributed by atoms with Crippen molar-refractivity contribution in [2.45, 2.75) is 26.8 Å². The van der Waals surface area contributed by atoms with Crippen LogP contribution in [-0.2, 0) is 16.0 Å². The van der Waals surface area contributed by atoms with E-state index in [1.165, 1.54) is 0 Å². The summed E-state index contributed by atoms with van der Waals surface area (Å²) in [4.78, 5) is 6.56. The van der Waals surface area contributed by atoms with E-state index in [1.807, 2.05) is 30.9 Å². The molecule has 27 heavy (non-hydrogen) atoms. The van der Waals surface area contributed by atoms with Crippen LogP contribution in [0.2, 0.25) is 0 Å². The van der Waals surface area contributed by atoms with Gasteiger partial charge in [0.1, 0.15) is 5.82 Å². The van der Waals surface area contributed by atoms with E-state index in [9.17, 15) is 4.39 Å². The summed E-state index contributed by atoms with van der Waals surface area (Å²) in [5, 5.41) is 6.47.